The van der Waals surface area contributed by atoms with Gasteiger partial charge in [-0.3, -0.25) is 14.6 Å². The average Bonchev–Trinajstić information content (AvgIpc) is 2.30. The first-order chi connectivity index (χ1) is 7.68. The Morgan fingerprint density at radius 2 is 2.00 bits per heavy atom. The molecule has 16 heavy (non-hydrogen) atoms. The zero-order valence-corrected chi connectivity index (χ0v) is 8.41. The van der Waals surface area contributed by atoms with Crippen molar-refractivity contribution in [2.45, 2.75) is 0 Å². The predicted octanol–water partition coefficient (Wildman–Crippen LogP) is -0.197. The molecule has 0 spiro atoms. The number of nitrogens with zero attached hydrogens (tertiary/aromatic N) is 4. The van der Waals surface area contributed by atoms with Gasteiger partial charge < -0.3 is 5.11 Å². The average molecular weight is 222 g/mol. The molecule has 1 aliphatic heterocycles. The Hall–Kier alpha value is -2.18. The molecule has 2 heterocycles. The third-order valence-electron chi connectivity index (χ3n) is 2.28. The molecule has 0 saturated carbocycles. The first-order valence-corrected chi connectivity index (χ1v) is 4.74. The summed E-state index contributed by atoms with van der Waals surface area (Å²) in [6.45, 7) is 0.419. The number of carbonyl (C=O) groups is 2. The number of amides is 2. The highest BCUT2D eigenvalue weighted by atomic mass is 16.4. The Bertz CT molecular complexity index is 408. The van der Waals surface area contributed by atoms with E-state index in [0.29, 0.717) is 5.95 Å². The summed E-state index contributed by atoms with van der Waals surface area (Å²) in [6.07, 6.45) is 2.00. The van der Waals surface area contributed by atoms with Crippen molar-refractivity contribution in [3.63, 3.8) is 0 Å². The molecule has 2 rings (SSSR count). The number of hydrogen-bond acceptors (Lipinski definition) is 4. The zero-order valence-electron chi connectivity index (χ0n) is 8.41. The van der Waals surface area contributed by atoms with Crippen LogP contribution in [-0.2, 0) is 4.79 Å². The lowest BCUT2D eigenvalue weighted by Gasteiger charge is -2.31. The van der Waals surface area contributed by atoms with Crippen molar-refractivity contribution >= 4 is 17.9 Å². The van der Waals surface area contributed by atoms with E-state index in [0.717, 1.165) is 4.90 Å². The molecule has 0 aliphatic carbocycles. The summed E-state index contributed by atoms with van der Waals surface area (Å²) in [5.41, 5.74) is 0. The summed E-state index contributed by atoms with van der Waals surface area (Å²) in [4.78, 5) is 32.7. The second kappa shape index (κ2) is 4.13. The molecule has 1 aliphatic rings. The summed E-state index contributed by atoms with van der Waals surface area (Å²) in [5, 5.41) is 8.74. The molecular formula is C9H10N4O3. The van der Waals surface area contributed by atoms with Crippen LogP contribution in [0.3, 0.4) is 0 Å². The number of carboxylic acid groups (broad SMARTS) is 1. The van der Waals surface area contributed by atoms with Crippen LogP contribution in [0, 0.1) is 0 Å². The molecule has 0 aromatic carbocycles. The molecule has 1 aromatic heterocycles. The zero-order chi connectivity index (χ0) is 11.5. The molecule has 0 radical (unpaired) electrons. The number of carbonyl (C=O) groups excluding carboxylic acids is 1. The minimum Gasteiger partial charge on any atom is -0.465 e. The van der Waals surface area contributed by atoms with Gasteiger partial charge in [0, 0.05) is 25.5 Å². The van der Waals surface area contributed by atoms with Crippen LogP contribution < -0.4 is 4.90 Å². The van der Waals surface area contributed by atoms with E-state index in [-0.39, 0.29) is 25.5 Å². The smallest absolute Gasteiger partial charge is 0.407 e. The minimum atomic E-state index is -1.08. The Morgan fingerprint density at radius 1 is 1.31 bits per heavy atom. The lowest BCUT2D eigenvalue weighted by atomic mass is 10.3. The van der Waals surface area contributed by atoms with Crippen molar-refractivity contribution in [3.05, 3.63) is 18.5 Å². The van der Waals surface area contributed by atoms with Gasteiger partial charge in [0.25, 0.3) is 0 Å². The largest absolute Gasteiger partial charge is 0.465 e. The van der Waals surface area contributed by atoms with Gasteiger partial charge in [0.05, 0.1) is 0 Å². The number of rotatable bonds is 1. The molecule has 2 amide bonds. The van der Waals surface area contributed by atoms with E-state index in [2.05, 4.69) is 9.97 Å². The fourth-order valence-corrected chi connectivity index (χ4v) is 1.48. The van der Waals surface area contributed by atoms with Gasteiger partial charge >= 0.3 is 6.09 Å². The topological polar surface area (TPSA) is 86.6 Å². The standard InChI is InChI=1S/C9H10N4O3/c14-7-6-12(9(15)16)4-5-13(7)8-10-2-1-3-11-8/h1-3H,4-6H2,(H,15,16). The van der Waals surface area contributed by atoms with Gasteiger partial charge in [-0.25, -0.2) is 14.8 Å². The van der Waals surface area contributed by atoms with E-state index in [1.807, 2.05) is 0 Å². The van der Waals surface area contributed by atoms with Crippen LogP contribution in [-0.4, -0.2) is 51.6 Å². The highest BCUT2D eigenvalue weighted by Crippen LogP contribution is 2.10. The monoisotopic (exact) mass is 222 g/mol. The van der Waals surface area contributed by atoms with E-state index in [1.165, 1.54) is 4.90 Å². The summed E-state index contributed by atoms with van der Waals surface area (Å²) < 4.78 is 0. The molecule has 1 fully saturated rings. The lowest BCUT2D eigenvalue weighted by Crippen LogP contribution is -2.52. The van der Waals surface area contributed by atoms with Crippen LogP contribution in [0.4, 0.5) is 10.7 Å². The third-order valence-corrected chi connectivity index (χ3v) is 2.28. The van der Waals surface area contributed by atoms with Crippen LogP contribution >= 0.6 is 0 Å². The fourth-order valence-electron chi connectivity index (χ4n) is 1.48. The van der Waals surface area contributed by atoms with Gasteiger partial charge in [-0.15, -0.1) is 0 Å². The maximum absolute atomic E-state index is 11.7. The SMILES string of the molecule is O=C(O)N1CCN(c2ncccn2)C(=O)C1. The first kappa shape index (κ1) is 10.3. The van der Waals surface area contributed by atoms with Gasteiger partial charge in [-0.1, -0.05) is 0 Å². The molecule has 0 unspecified atom stereocenters. The summed E-state index contributed by atoms with van der Waals surface area (Å²) in [6, 6.07) is 1.65. The van der Waals surface area contributed by atoms with Crippen LogP contribution in [0.15, 0.2) is 18.5 Å². The Balaban J connectivity index is 2.11. The Labute approximate surface area is 91.3 Å². The number of anilines is 1. The van der Waals surface area contributed by atoms with Crippen molar-refractivity contribution < 1.29 is 14.7 Å². The summed E-state index contributed by atoms with van der Waals surface area (Å²) >= 11 is 0. The molecule has 1 N–H and O–H groups in total. The highest BCUT2D eigenvalue weighted by molar-refractivity contribution is 5.95. The molecular weight excluding hydrogens is 212 g/mol. The normalized spacial score (nSPS) is 16.4. The van der Waals surface area contributed by atoms with Gasteiger partial charge in [-0.2, -0.15) is 0 Å². The molecule has 0 bridgehead atoms. The first-order valence-electron chi connectivity index (χ1n) is 4.74. The van der Waals surface area contributed by atoms with E-state index in [1.54, 1.807) is 18.5 Å². The van der Waals surface area contributed by atoms with Gasteiger partial charge in [0.15, 0.2) is 0 Å². The van der Waals surface area contributed by atoms with Crippen LogP contribution in [0.2, 0.25) is 0 Å². The highest BCUT2D eigenvalue weighted by Gasteiger charge is 2.28. The number of piperazine rings is 1. The third kappa shape index (κ3) is 1.92. The van der Waals surface area contributed by atoms with Crippen LogP contribution in [0.5, 0.6) is 0 Å². The van der Waals surface area contributed by atoms with Gasteiger partial charge in [-0.05, 0) is 6.07 Å². The number of hydrogen-bond donors (Lipinski definition) is 1. The van der Waals surface area contributed by atoms with Gasteiger partial charge in [0.2, 0.25) is 11.9 Å². The Kier molecular flexibility index (Phi) is 2.67. The summed E-state index contributed by atoms with van der Waals surface area (Å²) in [5.74, 6) is 0.0115. The number of aromatic nitrogens is 2. The predicted molar refractivity (Wildman–Crippen MR) is 54.0 cm³/mol. The van der Waals surface area contributed by atoms with Crippen molar-refractivity contribution in [1.82, 2.24) is 14.9 Å². The second-order valence-electron chi connectivity index (χ2n) is 3.30. The molecule has 84 valence electrons. The maximum atomic E-state index is 11.7. The molecule has 0 atom stereocenters. The second-order valence-corrected chi connectivity index (χ2v) is 3.30. The van der Waals surface area contributed by atoms with Crippen LogP contribution in [0.1, 0.15) is 0 Å². The lowest BCUT2D eigenvalue weighted by molar-refractivity contribution is -0.120. The van der Waals surface area contributed by atoms with E-state index < -0.39 is 6.09 Å². The maximum Gasteiger partial charge on any atom is 0.407 e. The molecule has 7 nitrogen and oxygen atoms in total. The Morgan fingerprint density at radius 3 is 2.56 bits per heavy atom. The van der Waals surface area contributed by atoms with E-state index >= 15 is 0 Å². The molecule has 7 heteroatoms. The summed E-state index contributed by atoms with van der Waals surface area (Å²) in [7, 11) is 0. The van der Waals surface area contributed by atoms with Crippen LogP contribution in [0.25, 0.3) is 0 Å². The molecule has 1 aromatic rings. The molecule has 1 saturated heterocycles. The van der Waals surface area contributed by atoms with E-state index in [4.69, 9.17) is 5.11 Å². The van der Waals surface area contributed by atoms with Gasteiger partial charge in [0.1, 0.15) is 6.54 Å². The van der Waals surface area contributed by atoms with Crippen molar-refractivity contribution in [2.75, 3.05) is 24.5 Å². The quantitative estimate of drug-likeness (QED) is 0.711. The van der Waals surface area contributed by atoms with Crippen molar-refractivity contribution in [3.8, 4) is 0 Å². The fraction of sp³-hybridized carbons (Fsp3) is 0.333. The van der Waals surface area contributed by atoms with Crippen molar-refractivity contribution in [1.29, 1.82) is 0 Å². The van der Waals surface area contributed by atoms with E-state index in [9.17, 15) is 9.59 Å². The van der Waals surface area contributed by atoms with Crippen molar-refractivity contribution in [2.24, 2.45) is 0 Å². The minimum absolute atomic E-state index is 0.145.